The van der Waals surface area contributed by atoms with Gasteiger partial charge in [-0.25, -0.2) is 13.1 Å². The molecule has 0 aliphatic heterocycles. The van der Waals surface area contributed by atoms with E-state index in [1.54, 1.807) is 23.2 Å². The minimum atomic E-state index is -3.33. The maximum atomic E-state index is 11.8. The predicted octanol–water partition coefficient (Wildman–Crippen LogP) is 1.24. The van der Waals surface area contributed by atoms with Crippen LogP contribution >= 0.6 is 23.1 Å². The van der Waals surface area contributed by atoms with E-state index in [1.165, 1.54) is 11.3 Å². The minimum absolute atomic E-state index is 0.321. The summed E-state index contributed by atoms with van der Waals surface area (Å²) in [6, 6.07) is 1.63. The molecule has 1 aromatic heterocycles. The Hall–Kier alpha value is -0.0800. The smallest absolute Gasteiger partial charge is 0.241 e. The highest BCUT2D eigenvalue weighted by molar-refractivity contribution is 7.98. The molecule has 0 saturated heterocycles. The van der Waals surface area contributed by atoms with Crippen LogP contribution in [0.15, 0.2) is 16.3 Å². The normalized spacial score (nSPS) is 11.9. The molecule has 0 spiro atoms. The van der Waals surface area contributed by atoms with Gasteiger partial charge in [0.15, 0.2) is 0 Å². The van der Waals surface area contributed by atoms with E-state index < -0.39 is 10.0 Å². The Kier molecular flexibility index (Phi) is 5.77. The zero-order chi connectivity index (χ0) is 12.0. The van der Waals surface area contributed by atoms with Crippen molar-refractivity contribution in [1.82, 2.24) is 4.72 Å². The first-order valence-corrected chi connectivity index (χ1v) is 8.62. The highest BCUT2D eigenvalue weighted by Gasteiger charge is 2.14. The second kappa shape index (κ2) is 6.61. The lowest BCUT2D eigenvalue weighted by atomic mass is 10.5. The molecular formula is C9H16N2O2S3. The first-order chi connectivity index (χ1) is 7.60. The van der Waals surface area contributed by atoms with Crippen LogP contribution in [-0.4, -0.2) is 27.0 Å². The van der Waals surface area contributed by atoms with Gasteiger partial charge in [-0.2, -0.15) is 11.8 Å². The number of thiophene rings is 1. The van der Waals surface area contributed by atoms with E-state index in [0.717, 1.165) is 17.1 Å². The largest absolute Gasteiger partial charge is 0.326 e. The summed E-state index contributed by atoms with van der Waals surface area (Å²) in [4.78, 5) is 1.20. The summed E-state index contributed by atoms with van der Waals surface area (Å²) < 4.78 is 26.1. The van der Waals surface area contributed by atoms with Crippen LogP contribution in [0, 0.1) is 0 Å². The predicted molar refractivity (Wildman–Crippen MR) is 70.4 cm³/mol. The number of hydrogen-bond donors (Lipinski definition) is 2. The van der Waals surface area contributed by atoms with Crippen molar-refractivity contribution in [3.63, 3.8) is 0 Å². The topological polar surface area (TPSA) is 72.2 Å². The van der Waals surface area contributed by atoms with Crippen LogP contribution in [0.25, 0.3) is 0 Å². The molecular weight excluding hydrogens is 264 g/mol. The van der Waals surface area contributed by atoms with Gasteiger partial charge >= 0.3 is 0 Å². The molecule has 0 bridgehead atoms. The lowest BCUT2D eigenvalue weighted by Gasteiger charge is -2.03. The quantitative estimate of drug-likeness (QED) is 0.737. The summed E-state index contributed by atoms with van der Waals surface area (Å²) in [5, 5.41) is 1.62. The van der Waals surface area contributed by atoms with E-state index in [1.807, 2.05) is 6.26 Å². The summed E-state index contributed by atoms with van der Waals surface area (Å²) >= 11 is 3.08. The molecule has 4 nitrogen and oxygen atoms in total. The molecule has 16 heavy (non-hydrogen) atoms. The van der Waals surface area contributed by atoms with Gasteiger partial charge in [0.25, 0.3) is 0 Å². The van der Waals surface area contributed by atoms with E-state index in [4.69, 9.17) is 5.73 Å². The zero-order valence-corrected chi connectivity index (χ0v) is 11.6. The van der Waals surface area contributed by atoms with Crippen LogP contribution in [0.4, 0.5) is 0 Å². The fourth-order valence-electron chi connectivity index (χ4n) is 1.11. The highest BCUT2D eigenvalue weighted by atomic mass is 32.2. The molecule has 0 fully saturated rings. The Balaban J connectivity index is 2.56. The van der Waals surface area contributed by atoms with Crippen molar-refractivity contribution in [2.75, 3.05) is 18.6 Å². The Bertz CT molecular complexity index is 414. The molecule has 0 amide bonds. The van der Waals surface area contributed by atoms with Crippen molar-refractivity contribution in [3.05, 3.63) is 16.3 Å². The van der Waals surface area contributed by atoms with Crippen molar-refractivity contribution in [3.8, 4) is 0 Å². The van der Waals surface area contributed by atoms with Crippen molar-refractivity contribution in [2.24, 2.45) is 5.73 Å². The fraction of sp³-hybridized carbons (Fsp3) is 0.556. The van der Waals surface area contributed by atoms with Gasteiger partial charge in [-0.3, -0.25) is 0 Å². The minimum Gasteiger partial charge on any atom is -0.326 e. The molecule has 0 atom stereocenters. The molecule has 1 aromatic rings. The van der Waals surface area contributed by atoms with Gasteiger partial charge in [0.1, 0.15) is 0 Å². The van der Waals surface area contributed by atoms with Crippen LogP contribution in [-0.2, 0) is 16.6 Å². The maximum Gasteiger partial charge on any atom is 0.241 e. The summed E-state index contributed by atoms with van der Waals surface area (Å²) in [6.07, 6.45) is 2.84. The summed E-state index contributed by atoms with van der Waals surface area (Å²) in [7, 11) is -3.33. The molecule has 0 aliphatic rings. The van der Waals surface area contributed by atoms with Crippen LogP contribution < -0.4 is 10.5 Å². The zero-order valence-electron chi connectivity index (χ0n) is 9.10. The summed E-state index contributed by atoms with van der Waals surface area (Å²) in [5.41, 5.74) is 5.44. The molecule has 0 aromatic carbocycles. The molecule has 1 heterocycles. The molecule has 7 heteroatoms. The second-order valence-corrected chi connectivity index (χ2v) is 6.95. The third kappa shape index (κ3) is 4.06. The average molecular weight is 280 g/mol. The molecule has 1 rings (SSSR count). The monoisotopic (exact) mass is 280 g/mol. The van der Waals surface area contributed by atoms with E-state index >= 15 is 0 Å². The Labute approximate surface area is 105 Å². The van der Waals surface area contributed by atoms with Crippen LogP contribution in [0.5, 0.6) is 0 Å². The Morgan fingerprint density at radius 2 is 2.31 bits per heavy atom. The lowest BCUT2D eigenvalue weighted by molar-refractivity contribution is 0.581. The van der Waals surface area contributed by atoms with E-state index in [-0.39, 0.29) is 0 Å². The standard InChI is InChI=1S/C9H16N2O2S3/c1-14-4-2-3-11-16(12,13)9-5-8(6-10)15-7-9/h5,7,11H,2-4,6,10H2,1H3. The fourth-order valence-corrected chi connectivity index (χ4v) is 3.78. The van der Waals surface area contributed by atoms with Gasteiger partial charge in [0.05, 0.1) is 4.90 Å². The van der Waals surface area contributed by atoms with Crippen molar-refractivity contribution in [2.45, 2.75) is 17.9 Å². The van der Waals surface area contributed by atoms with E-state index in [0.29, 0.717) is 18.0 Å². The number of nitrogens with one attached hydrogen (secondary N) is 1. The Morgan fingerprint density at radius 3 is 2.88 bits per heavy atom. The first-order valence-electron chi connectivity index (χ1n) is 4.86. The van der Waals surface area contributed by atoms with Gasteiger partial charge in [-0.05, 0) is 24.5 Å². The van der Waals surface area contributed by atoms with Gasteiger partial charge < -0.3 is 5.73 Å². The number of thioether (sulfide) groups is 1. The molecule has 0 aliphatic carbocycles. The Morgan fingerprint density at radius 1 is 1.56 bits per heavy atom. The van der Waals surface area contributed by atoms with Gasteiger partial charge in [0.2, 0.25) is 10.0 Å². The average Bonchev–Trinajstić information content (AvgIpc) is 2.73. The van der Waals surface area contributed by atoms with Crippen molar-refractivity contribution in [1.29, 1.82) is 0 Å². The molecule has 92 valence electrons. The maximum absolute atomic E-state index is 11.8. The highest BCUT2D eigenvalue weighted by Crippen LogP contribution is 2.18. The number of rotatable bonds is 7. The number of hydrogen-bond acceptors (Lipinski definition) is 5. The number of sulfonamides is 1. The molecule has 3 N–H and O–H groups in total. The van der Waals surface area contributed by atoms with Crippen LogP contribution in [0.2, 0.25) is 0 Å². The van der Waals surface area contributed by atoms with Gasteiger partial charge in [-0.1, -0.05) is 0 Å². The van der Waals surface area contributed by atoms with E-state index in [2.05, 4.69) is 4.72 Å². The SMILES string of the molecule is CSCCCNS(=O)(=O)c1csc(CN)c1. The van der Waals surface area contributed by atoms with Crippen molar-refractivity contribution >= 4 is 33.1 Å². The van der Waals surface area contributed by atoms with Crippen LogP contribution in [0.1, 0.15) is 11.3 Å². The lowest BCUT2D eigenvalue weighted by Crippen LogP contribution is -2.24. The molecule has 0 unspecified atom stereocenters. The second-order valence-electron chi connectivity index (χ2n) is 3.20. The van der Waals surface area contributed by atoms with Gasteiger partial charge in [-0.15, -0.1) is 11.3 Å². The molecule has 0 radical (unpaired) electrons. The third-order valence-electron chi connectivity index (χ3n) is 1.96. The number of nitrogens with two attached hydrogens (primary N) is 1. The van der Waals surface area contributed by atoms with Crippen molar-refractivity contribution < 1.29 is 8.42 Å². The van der Waals surface area contributed by atoms with Crippen LogP contribution in [0.3, 0.4) is 0 Å². The summed E-state index contributed by atoms with van der Waals surface area (Å²) in [5.74, 6) is 0.959. The summed E-state index contributed by atoms with van der Waals surface area (Å²) in [6.45, 7) is 0.865. The first kappa shape index (κ1) is 14.0. The van der Waals surface area contributed by atoms with Gasteiger partial charge in [0, 0.05) is 23.3 Å². The third-order valence-corrected chi connectivity index (χ3v) is 5.20. The van der Waals surface area contributed by atoms with E-state index in [9.17, 15) is 8.42 Å². The molecule has 0 saturated carbocycles.